The number of benzene rings is 2. The number of hydrogen-bond donors (Lipinski definition) is 1. The molecule has 1 N–H and O–H groups in total. The van der Waals surface area contributed by atoms with Crippen LogP contribution in [0.25, 0.3) is 0 Å². The summed E-state index contributed by atoms with van der Waals surface area (Å²) in [4.78, 5) is 15.0. The van der Waals surface area contributed by atoms with Crippen LogP contribution in [0.5, 0.6) is 0 Å². The normalized spacial score (nSPS) is 22.4. The van der Waals surface area contributed by atoms with Gasteiger partial charge in [-0.25, -0.2) is 0 Å². The van der Waals surface area contributed by atoms with Gasteiger partial charge in [-0.05, 0) is 67.1 Å². The smallest absolute Gasteiger partial charge is 0.223 e. The predicted octanol–water partition coefficient (Wildman–Crippen LogP) is 3.62. The van der Waals surface area contributed by atoms with Crippen molar-refractivity contribution in [3.05, 3.63) is 69.7 Å². The van der Waals surface area contributed by atoms with Crippen molar-refractivity contribution >= 4 is 17.5 Å². The molecule has 0 radical (unpaired) electrons. The molecule has 0 fully saturated rings. The summed E-state index contributed by atoms with van der Waals surface area (Å²) in [5.41, 5.74) is 5.37. The van der Waals surface area contributed by atoms with Crippen LogP contribution in [0.4, 0.5) is 0 Å². The van der Waals surface area contributed by atoms with Crippen LogP contribution < -0.4 is 5.32 Å². The number of carbonyl (C=O) groups excluding carboxylic acids is 1. The molecular formula is C22H25ClN2O. The second kappa shape index (κ2) is 7.42. The van der Waals surface area contributed by atoms with E-state index in [-0.39, 0.29) is 11.8 Å². The quantitative estimate of drug-likeness (QED) is 0.897. The molecule has 1 aliphatic carbocycles. The number of hydrogen-bond acceptors (Lipinski definition) is 2. The Bertz CT molecular complexity index is 820. The van der Waals surface area contributed by atoms with Gasteiger partial charge in [-0.1, -0.05) is 41.9 Å². The predicted molar refractivity (Wildman–Crippen MR) is 105 cm³/mol. The van der Waals surface area contributed by atoms with Crippen molar-refractivity contribution in [1.82, 2.24) is 10.2 Å². The van der Waals surface area contributed by atoms with Crippen molar-refractivity contribution in [3.8, 4) is 0 Å². The SMILES string of the molecule is CN1Cc2ccc(Cl)cc2C[C@@H]1CNC(=O)[C@H]1CCc2ccccc2C1. The van der Waals surface area contributed by atoms with Crippen molar-refractivity contribution in [2.24, 2.45) is 5.92 Å². The van der Waals surface area contributed by atoms with E-state index in [4.69, 9.17) is 11.6 Å². The van der Waals surface area contributed by atoms with Crippen LogP contribution in [0.15, 0.2) is 42.5 Å². The fraction of sp³-hybridized carbons (Fsp3) is 0.409. The van der Waals surface area contributed by atoms with Crippen LogP contribution in [0.1, 0.15) is 28.7 Å². The lowest BCUT2D eigenvalue weighted by atomic mass is 9.83. The van der Waals surface area contributed by atoms with Gasteiger partial charge in [0.05, 0.1) is 0 Å². The zero-order chi connectivity index (χ0) is 18.1. The summed E-state index contributed by atoms with van der Waals surface area (Å²) in [5, 5.41) is 4.00. The number of likely N-dealkylation sites (N-methyl/N-ethyl adjacent to an activating group) is 1. The van der Waals surface area contributed by atoms with E-state index in [1.165, 1.54) is 22.3 Å². The van der Waals surface area contributed by atoms with Crippen LogP contribution >= 0.6 is 11.6 Å². The lowest BCUT2D eigenvalue weighted by Gasteiger charge is -2.34. The molecule has 1 aliphatic heterocycles. The third kappa shape index (κ3) is 3.65. The molecule has 0 saturated heterocycles. The first kappa shape index (κ1) is 17.6. The van der Waals surface area contributed by atoms with E-state index < -0.39 is 0 Å². The molecule has 1 amide bonds. The van der Waals surface area contributed by atoms with E-state index in [0.29, 0.717) is 12.6 Å². The van der Waals surface area contributed by atoms with E-state index in [0.717, 1.165) is 37.3 Å². The van der Waals surface area contributed by atoms with Crippen molar-refractivity contribution in [1.29, 1.82) is 0 Å². The highest BCUT2D eigenvalue weighted by atomic mass is 35.5. The fourth-order valence-corrected chi connectivity index (χ4v) is 4.45. The van der Waals surface area contributed by atoms with Gasteiger partial charge < -0.3 is 5.32 Å². The minimum Gasteiger partial charge on any atom is -0.354 e. The minimum absolute atomic E-state index is 0.0977. The third-order valence-corrected chi connectivity index (χ3v) is 6.13. The monoisotopic (exact) mass is 368 g/mol. The molecule has 1 heterocycles. The van der Waals surface area contributed by atoms with Crippen LogP contribution in [-0.4, -0.2) is 30.4 Å². The number of rotatable bonds is 3. The van der Waals surface area contributed by atoms with Gasteiger partial charge in [0.25, 0.3) is 0 Å². The minimum atomic E-state index is 0.0977. The van der Waals surface area contributed by atoms with Crippen molar-refractivity contribution < 1.29 is 4.79 Å². The zero-order valence-corrected chi connectivity index (χ0v) is 15.9. The average Bonchev–Trinajstić information content (AvgIpc) is 2.66. The molecule has 0 aromatic heterocycles. The summed E-state index contributed by atoms with van der Waals surface area (Å²) in [6, 6.07) is 14.9. The van der Waals surface area contributed by atoms with Gasteiger partial charge in [-0.15, -0.1) is 0 Å². The van der Waals surface area contributed by atoms with Crippen LogP contribution in [0, 0.1) is 5.92 Å². The highest BCUT2D eigenvalue weighted by Crippen LogP contribution is 2.27. The Morgan fingerprint density at radius 2 is 1.92 bits per heavy atom. The molecule has 2 aliphatic rings. The molecule has 136 valence electrons. The Labute approximate surface area is 160 Å². The van der Waals surface area contributed by atoms with Crippen molar-refractivity contribution in [2.45, 2.75) is 38.3 Å². The number of amides is 1. The summed E-state index contributed by atoms with van der Waals surface area (Å²) in [5.74, 6) is 0.297. The topological polar surface area (TPSA) is 32.3 Å². The Kier molecular flexibility index (Phi) is 5.01. The molecule has 2 aromatic carbocycles. The number of halogens is 1. The molecular weight excluding hydrogens is 344 g/mol. The third-order valence-electron chi connectivity index (χ3n) is 5.90. The Morgan fingerprint density at radius 1 is 1.12 bits per heavy atom. The average molecular weight is 369 g/mol. The van der Waals surface area contributed by atoms with E-state index in [1.807, 2.05) is 6.07 Å². The van der Waals surface area contributed by atoms with E-state index in [2.05, 4.69) is 53.7 Å². The number of carbonyl (C=O) groups is 1. The van der Waals surface area contributed by atoms with E-state index in [9.17, 15) is 4.79 Å². The second-order valence-electron chi connectivity index (χ2n) is 7.64. The maximum atomic E-state index is 12.7. The van der Waals surface area contributed by atoms with Gasteiger partial charge in [0.15, 0.2) is 0 Å². The molecule has 2 aromatic rings. The molecule has 0 saturated carbocycles. The van der Waals surface area contributed by atoms with Gasteiger partial charge in [-0.3, -0.25) is 9.69 Å². The largest absolute Gasteiger partial charge is 0.354 e. The zero-order valence-electron chi connectivity index (χ0n) is 15.2. The van der Waals surface area contributed by atoms with Crippen LogP contribution in [0.2, 0.25) is 5.02 Å². The van der Waals surface area contributed by atoms with Gasteiger partial charge in [0.1, 0.15) is 0 Å². The number of nitrogens with zero attached hydrogens (tertiary/aromatic N) is 1. The lowest BCUT2D eigenvalue weighted by molar-refractivity contribution is -0.125. The Hall–Kier alpha value is -1.84. The molecule has 3 nitrogen and oxygen atoms in total. The summed E-state index contributed by atoms with van der Waals surface area (Å²) in [6.07, 6.45) is 3.74. The maximum Gasteiger partial charge on any atom is 0.223 e. The van der Waals surface area contributed by atoms with E-state index >= 15 is 0 Å². The number of fused-ring (bicyclic) bond motifs is 2. The highest BCUT2D eigenvalue weighted by Gasteiger charge is 2.27. The highest BCUT2D eigenvalue weighted by molar-refractivity contribution is 6.30. The standard InChI is InChI=1S/C22H25ClN2O/c1-25-14-18-8-9-20(23)11-19(18)12-21(25)13-24-22(26)17-7-6-15-4-2-3-5-16(15)10-17/h2-5,8-9,11,17,21H,6-7,10,12-14H2,1H3,(H,24,26)/t17-,21+/m0/s1. The van der Waals surface area contributed by atoms with Crippen LogP contribution in [-0.2, 0) is 30.6 Å². The first-order valence-electron chi connectivity index (χ1n) is 9.42. The van der Waals surface area contributed by atoms with Crippen LogP contribution in [0.3, 0.4) is 0 Å². The van der Waals surface area contributed by atoms with Gasteiger partial charge in [0, 0.05) is 30.1 Å². The number of aryl methyl sites for hydroxylation is 1. The fourth-order valence-electron chi connectivity index (χ4n) is 4.26. The molecule has 4 heteroatoms. The number of nitrogens with one attached hydrogen (secondary N) is 1. The van der Waals surface area contributed by atoms with Crippen molar-refractivity contribution in [2.75, 3.05) is 13.6 Å². The molecule has 2 atom stereocenters. The summed E-state index contributed by atoms with van der Waals surface area (Å²) < 4.78 is 0. The first-order chi connectivity index (χ1) is 12.6. The second-order valence-corrected chi connectivity index (χ2v) is 8.08. The Balaban J connectivity index is 1.36. The van der Waals surface area contributed by atoms with E-state index in [1.54, 1.807) is 0 Å². The molecule has 0 unspecified atom stereocenters. The van der Waals surface area contributed by atoms with Gasteiger partial charge >= 0.3 is 0 Å². The maximum absolute atomic E-state index is 12.7. The first-order valence-corrected chi connectivity index (χ1v) is 9.80. The Morgan fingerprint density at radius 3 is 2.77 bits per heavy atom. The van der Waals surface area contributed by atoms with Gasteiger partial charge in [0.2, 0.25) is 5.91 Å². The molecule has 0 spiro atoms. The summed E-state index contributed by atoms with van der Waals surface area (Å²) >= 11 is 6.15. The van der Waals surface area contributed by atoms with Gasteiger partial charge in [-0.2, -0.15) is 0 Å². The summed E-state index contributed by atoms with van der Waals surface area (Å²) in [7, 11) is 2.13. The van der Waals surface area contributed by atoms with Crippen molar-refractivity contribution in [3.63, 3.8) is 0 Å². The lowest BCUT2D eigenvalue weighted by Crippen LogP contribution is -2.47. The molecule has 4 rings (SSSR count). The summed E-state index contributed by atoms with van der Waals surface area (Å²) in [6.45, 7) is 1.60. The molecule has 0 bridgehead atoms. The molecule has 26 heavy (non-hydrogen) atoms.